The summed E-state index contributed by atoms with van der Waals surface area (Å²) in [7, 11) is 2.18. The van der Waals surface area contributed by atoms with Crippen molar-refractivity contribution in [3.63, 3.8) is 0 Å². The summed E-state index contributed by atoms with van der Waals surface area (Å²) in [6.07, 6.45) is 2.56. The zero-order valence-corrected chi connectivity index (χ0v) is 15.2. The maximum absolute atomic E-state index is 4.89. The first-order valence-corrected chi connectivity index (χ1v) is 8.92. The highest BCUT2D eigenvalue weighted by Crippen LogP contribution is 2.14. The van der Waals surface area contributed by atoms with Crippen molar-refractivity contribution >= 4 is 5.96 Å². The van der Waals surface area contributed by atoms with Gasteiger partial charge in [0.25, 0.3) is 0 Å². The number of benzene rings is 1. The van der Waals surface area contributed by atoms with E-state index in [-0.39, 0.29) is 0 Å². The molecule has 0 atom stereocenters. The Kier molecular flexibility index (Phi) is 6.90. The molecule has 0 spiro atoms. The Morgan fingerprint density at radius 2 is 1.87 bits per heavy atom. The lowest BCUT2D eigenvalue weighted by Gasteiger charge is -2.23. The van der Waals surface area contributed by atoms with Gasteiger partial charge in [-0.05, 0) is 51.8 Å². The predicted octanol–water partition coefficient (Wildman–Crippen LogP) is 3.09. The second-order valence-corrected chi connectivity index (χ2v) is 6.64. The van der Waals surface area contributed by atoms with Crippen LogP contribution in [0.15, 0.2) is 29.3 Å². The Hall–Kier alpha value is -1.55. The van der Waals surface area contributed by atoms with Crippen LogP contribution >= 0.6 is 0 Å². The molecule has 2 rings (SSSR count). The molecule has 1 saturated heterocycles. The van der Waals surface area contributed by atoms with E-state index in [9.17, 15) is 0 Å². The molecule has 1 aromatic rings. The van der Waals surface area contributed by atoms with Crippen LogP contribution in [0.5, 0.6) is 0 Å². The van der Waals surface area contributed by atoms with Crippen LogP contribution in [-0.2, 0) is 13.1 Å². The van der Waals surface area contributed by atoms with E-state index in [1.165, 1.54) is 24.0 Å². The number of nitrogens with one attached hydrogen (secondary N) is 1. The fourth-order valence-electron chi connectivity index (χ4n) is 2.83. The molecule has 1 aromatic carbocycles. The number of nitrogens with zero attached hydrogens (tertiary/aromatic N) is 3. The van der Waals surface area contributed by atoms with Crippen molar-refractivity contribution in [2.45, 2.75) is 52.7 Å². The molecule has 128 valence electrons. The first-order chi connectivity index (χ1) is 11.1. The zero-order chi connectivity index (χ0) is 16.7. The number of rotatable bonds is 6. The second kappa shape index (κ2) is 8.92. The van der Waals surface area contributed by atoms with Gasteiger partial charge >= 0.3 is 0 Å². The molecule has 0 aromatic heterocycles. The van der Waals surface area contributed by atoms with Crippen molar-refractivity contribution in [3.8, 4) is 0 Å². The Bertz CT molecular complexity index is 504. The highest BCUT2D eigenvalue weighted by atomic mass is 15.3. The second-order valence-electron chi connectivity index (χ2n) is 6.64. The molecule has 0 radical (unpaired) electrons. The van der Waals surface area contributed by atoms with E-state index in [4.69, 9.17) is 4.99 Å². The molecule has 1 N–H and O–H groups in total. The average Bonchev–Trinajstić information content (AvgIpc) is 3.06. The minimum Gasteiger partial charge on any atom is -0.357 e. The summed E-state index contributed by atoms with van der Waals surface area (Å²) >= 11 is 0. The Balaban J connectivity index is 2.10. The Morgan fingerprint density at radius 1 is 1.22 bits per heavy atom. The Morgan fingerprint density at radius 3 is 2.48 bits per heavy atom. The van der Waals surface area contributed by atoms with E-state index in [0.717, 1.165) is 38.7 Å². The van der Waals surface area contributed by atoms with Crippen molar-refractivity contribution in [1.82, 2.24) is 15.1 Å². The standard InChI is InChI=1S/C19H32N4/c1-5-20-19(23-12-8-9-13-23)21-14-17-10-6-7-11-18(17)15-22(4)16(2)3/h6-7,10-11,16H,5,8-9,12-15H2,1-4H3,(H,20,21). The zero-order valence-electron chi connectivity index (χ0n) is 15.2. The summed E-state index contributed by atoms with van der Waals surface area (Å²) in [5, 5.41) is 3.44. The third-order valence-electron chi connectivity index (χ3n) is 4.56. The third-order valence-corrected chi connectivity index (χ3v) is 4.56. The van der Waals surface area contributed by atoms with E-state index in [0.29, 0.717) is 6.04 Å². The van der Waals surface area contributed by atoms with Gasteiger partial charge in [0.15, 0.2) is 5.96 Å². The number of hydrogen-bond donors (Lipinski definition) is 1. The Labute approximate surface area is 141 Å². The molecular formula is C19H32N4. The maximum Gasteiger partial charge on any atom is 0.194 e. The van der Waals surface area contributed by atoms with E-state index >= 15 is 0 Å². The molecule has 4 nitrogen and oxygen atoms in total. The van der Waals surface area contributed by atoms with E-state index in [2.05, 4.69) is 67.2 Å². The average molecular weight is 316 g/mol. The quantitative estimate of drug-likeness (QED) is 0.646. The van der Waals surface area contributed by atoms with E-state index < -0.39 is 0 Å². The molecule has 0 amide bonds. The predicted molar refractivity (Wildman–Crippen MR) is 98.7 cm³/mol. The minimum atomic E-state index is 0.550. The van der Waals surface area contributed by atoms with Crippen LogP contribution in [0.4, 0.5) is 0 Å². The van der Waals surface area contributed by atoms with Gasteiger partial charge in [-0.1, -0.05) is 24.3 Å². The molecule has 4 heteroatoms. The van der Waals surface area contributed by atoms with Gasteiger partial charge in [-0.25, -0.2) is 4.99 Å². The molecule has 0 aliphatic carbocycles. The van der Waals surface area contributed by atoms with Crippen molar-refractivity contribution in [1.29, 1.82) is 0 Å². The van der Waals surface area contributed by atoms with Crippen LogP contribution in [0.1, 0.15) is 44.7 Å². The van der Waals surface area contributed by atoms with Gasteiger partial charge in [-0.3, -0.25) is 4.90 Å². The molecule has 23 heavy (non-hydrogen) atoms. The van der Waals surface area contributed by atoms with Gasteiger partial charge in [0.05, 0.1) is 6.54 Å². The van der Waals surface area contributed by atoms with Gasteiger partial charge in [0, 0.05) is 32.2 Å². The van der Waals surface area contributed by atoms with Crippen molar-refractivity contribution in [3.05, 3.63) is 35.4 Å². The van der Waals surface area contributed by atoms with E-state index in [1.54, 1.807) is 0 Å². The van der Waals surface area contributed by atoms with Crippen LogP contribution < -0.4 is 5.32 Å². The summed E-state index contributed by atoms with van der Waals surface area (Å²) < 4.78 is 0. The largest absolute Gasteiger partial charge is 0.357 e. The monoisotopic (exact) mass is 316 g/mol. The van der Waals surface area contributed by atoms with Crippen LogP contribution in [0.25, 0.3) is 0 Å². The van der Waals surface area contributed by atoms with Crippen molar-refractivity contribution in [2.24, 2.45) is 4.99 Å². The first kappa shape index (κ1) is 17.8. The van der Waals surface area contributed by atoms with Crippen LogP contribution in [-0.4, -0.2) is 48.5 Å². The molecule has 0 unspecified atom stereocenters. The molecule has 0 bridgehead atoms. The smallest absolute Gasteiger partial charge is 0.194 e. The van der Waals surface area contributed by atoms with Gasteiger partial charge in [0.2, 0.25) is 0 Å². The highest BCUT2D eigenvalue weighted by Gasteiger charge is 2.15. The molecule has 1 fully saturated rings. The number of hydrogen-bond acceptors (Lipinski definition) is 2. The SMILES string of the molecule is CCNC(=NCc1ccccc1CN(C)C(C)C)N1CCCC1. The topological polar surface area (TPSA) is 30.9 Å². The number of guanidine groups is 1. The lowest BCUT2D eigenvalue weighted by Crippen LogP contribution is -2.39. The lowest BCUT2D eigenvalue weighted by molar-refractivity contribution is 0.265. The first-order valence-electron chi connectivity index (χ1n) is 8.92. The van der Waals surface area contributed by atoms with Gasteiger partial charge in [-0.2, -0.15) is 0 Å². The summed E-state index contributed by atoms with van der Waals surface area (Å²) in [5.74, 6) is 1.07. The summed E-state index contributed by atoms with van der Waals surface area (Å²) in [4.78, 5) is 9.64. The van der Waals surface area contributed by atoms with Gasteiger partial charge in [-0.15, -0.1) is 0 Å². The highest BCUT2D eigenvalue weighted by molar-refractivity contribution is 5.80. The maximum atomic E-state index is 4.89. The minimum absolute atomic E-state index is 0.550. The fourth-order valence-corrected chi connectivity index (χ4v) is 2.83. The summed E-state index contributed by atoms with van der Waals surface area (Å²) in [5.41, 5.74) is 2.71. The molecule has 0 saturated carbocycles. The molecular weight excluding hydrogens is 284 g/mol. The van der Waals surface area contributed by atoms with Crippen LogP contribution in [0.3, 0.4) is 0 Å². The molecule has 1 aliphatic rings. The summed E-state index contributed by atoms with van der Waals surface area (Å²) in [6.45, 7) is 11.5. The lowest BCUT2D eigenvalue weighted by atomic mass is 10.1. The van der Waals surface area contributed by atoms with Gasteiger partial charge in [0.1, 0.15) is 0 Å². The van der Waals surface area contributed by atoms with Crippen molar-refractivity contribution < 1.29 is 0 Å². The molecule has 1 heterocycles. The number of aliphatic imine (C=N–C) groups is 1. The summed E-state index contributed by atoms with van der Waals surface area (Å²) in [6, 6.07) is 9.23. The number of likely N-dealkylation sites (tertiary alicyclic amines) is 1. The van der Waals surface area contributed by atoms with Crippen molar-refractivity contribution in [2.75, 3.05) is 26.7 Å². The van der Waals surface area contributed by atoms with Crippen LogP contribution in [0, 0.1) is 0 Å². The van der Waals surface area contributed by atoms with Gasteiger partial charge < -0.3 is 10.2 Å². The normalized spacial score (nSPS) is 15.7. The third kappa shape index (κ3) is 5.24. The van der Waals surface area contributed by atoms with Crippen LogP contribution in [0.2, 0.25) is 0 Å². The fraction of sp³-hybridized carbons (Fsp3) is 0.632. The molecule has 1 aliphatic heterocycles. The van der Waals surface area contributed by atoms with E-state index in [1.807, 2.05) is 0 Å².